The van der Waals surface area contributed by atoms with Crippen molar-refractivity contribution < 1.29 is 0 Å². The third-order valence-electron chi connectivity index (χ3n) is 2.33. The molecule has 0 bridgehead atoms. The van der Waals surface area contributed by atoms with Crippen LogP contribution < -0.4 is 0 Å². The summed E-state index contributed by atoms with van der Waals surface area (Å²) in [6.45, 7) is 4.52. The van der Waals surface area contributed by atoms with Crippen LogP contribution in [0.3, 0.4) is 0 Å². The minimum absolute atomic E-state index is 0.529. The van der Waals surface area contributed by atoms with Crippen LogP contribution in [0.4, 0.5) is 0 Å². The van der Waals surface area contributed by atoms with Gasteiger partial charge < -0.3 is 4.90 Å². The number of rotatable bonds is 3. The van der Waals surface area contributed by atoms with Gasteiger partial charge in [-0.2, -0.15) is 0 Å². The molecule has 0 spiro atoms. The van der Waals surface area contributed by atoms with E-state index in [1.165, 1.54) is 5.56 Å². The summed E-state index contributed by atoms with van der Waals surface area (Å²) in [6, 6.07) is 11.2. The topological polar surface area (TPSA) is 3.24 Å². The lowest BCUT2D eigenvalue weighted by molar-refractivity contribution is 0.235. The van der Waals surface area contributed by atoms with Gasteiger partial charge in [0.05, 0.1) is 0 Å². The van der Waals surface area contributed by atoms with Gasteiger partial charge in [0.1, 0.15) is 0 Å². The van der Waals surface area contributed by atoms with E-state index in [1.807, 2.05) is 0 Å². The molecule has 1 atom stereocenters. The maximum atomic E-state index is 2.28. The van der Waals surface area contributed by atoms with Gasteiger partial charge in [-0.05, 0) is 25.6 Å². The molecule has 0 radical (unpaired) electrons. The lowest BCUT2D eigenvalue weighted by Gasteiger charge is -2.28. The van der Waals surface area contributed by atoms with Crippen molar-refractivity contribution in [2.75, 3.05) is 14.1 Å². The molecule has 0 N–H and O–H groups in total. The van der Waals surface area contributed by atoms with E-state index >= 15 is 0 Å². The number of benzene rings is 1. The highest BCUT2D eigenvalue weighted by molar-refractivity contribution is 5.19. The van der Waals surface area contributed by atoms with Gasteiger partial charge in [0.2, 0.25) is 0 Å². The molecule has 0 saturated heterocycles. The van der Waals surface area contributed by atoms with E-state index in [0.29, 0.717) is 12.0 Å². The lowest BCUT2D eigenvalue weighted by Crippen LogP contribution is -2.24. The zero-order valence-electron chi connectivity index (χ0n) is 8.99. The van der Waals surface area contributed by atoms with E-state index in [2.05, 4.69) is 63.2 Å². The maximum Gasteiger partial charge on any atom is 0.0364 e. The molecule has 1 aromatic carbocycles. The third-order valence-corrected chi connectivity index (χ3v) is 2.33. The van der Waals surface area contributed by atoms with Crippen LogP contribution in [-0.2, 0) is 0 Å². The SMILES string of the molecule is CC(C)C(c1ccccc1)N(C)C. The molecule has 1 unspecified atom stereocenters. The highest BCUT2D eigenvalue weighted by Gasteiger charge is 2.16. The Morgan fingerprint density at radius 3 is 1.92 bits per heavy atom. The fraction of sp³-hybridized carbons (Fsp3) is 0.500. The Morgan fingerprint density at radius 1 is 1.00 bits per heavy atom. The van der Waals surface area contributed by atoms with Crippen molar-refractivity contribution in [3.8, 4) is 0 Å². The molecule has 72 valence electrons. The summed E-state index contributed by atoms with van der Waals surface area (Å²) in [5.74, 6) is 0.650. The summed E-state index contributed by atoms with van der Waals surface area (Å²) in [5, 5.41) is 0. The molecular formula is C12H19N. The predicted molar refractivity (Wildman–Crippen MR) is 57.7 cm³/mol. The molecule has 0 aliphatic rings. The van der Waals surface area contributed by atoms with Crippen molar-refractivity contribution in [2.45, 2.75) is 19.9 Å². The first kappa shape index (κ1) is 10.3. The van der Waals surface area contributed by atoms with E-state index in [1.54, 1.807) is 0 Å². The minimum atomic E-state index is 0.529. The normalized spacial score (nSPS) is 13.7. The van der Waals surface area contributed by atoms with Crippen LogP contribution >= 0.6 is 0 Å². The molecule has 1 nitrogen and oxygen atoms in total. The minimum Gasteiger partial charge on any atom is -0.302 e. The van der Waals surface area contributed by atoms with Crippen LogP contribution in [0.2, 0.25) is 0 Å². The van der Waals surface area contributed by atoms with Crippen LogP contribution in [0.1, 0.15) is 25.5 Å². The fourth-order valence-electron chi connectivity index (χ4n) is 1.93. The first-order chi connectivity index (χ1) is 6.13. The summed E-state index contributed by atoms with van der Waals surface area (Å²) in [6.07, 6.45) is 0. The molecule has 0 aliphatic heterocycles. The molecular weight excluding hydrogens is 158 g/mol. The summed E-state index contributed by atoms with van der Waals surface area (Å²) < 4.78 is 0. The second-order valence-electron chi connectivity index (χ2n) is 4.06. The van der Waals surface area contributed by atoms with Crippen molar-refractivity contribution in [3.63, 3.8) is 0 Å². The highest BCUT2D eigenvalue weighted by Crippen LogP contribution is 2.25. The Morgan fingerprint density at radius 2 is 1.54 bits per heavy atom. The van der Waals surface area contributed by atoms with Crippen molar-refractivity contribution in [1.82, 2.24) is 4.90 Å². The average molecular weight is 177 g/mol. The molecule has 0 aromatic heterocycles. The Labute approximate surface area is 81.4 Å². The van der Waals surface area contributed by atoms with Gasteiger partial charge in [-0.3, -0.25) is 0 Å². The molecule has 13 heavy (non-hydrogen) atoms. The predicted octanol–water partition coefficient (Wildman–Crippen LogP) is 2.95. The first-order valence-corrected chi connectivity index (χ1v) is 4.84. The van der Waals surface area contributed by atoms with E-state index in [-0.39, 0.29) is 0 Å². The van der Waals surface area contributed by atoms with Crippen LogP contribution in [0.5, 0.6) is 0 Å². The van der Waals surface area contributed by atoms with E-state index in [4.69, 9.17) is 0 Å². The summed E-state index contributed by atoms with van der Waals surface area (Å²) >= 11 is 0. The van der Waals surface area contributed by atoms with Crippen LogP contribution in [-0.4, -0.2) is 19.0 Å². The molecule has 0 saturated carbocycles. The van der Waals surface area contributed by atoms with E-state index < -0.39 is 0 Å². The first-order valence-electron chi connectivity index (χ1n) is 4.84. The van der Waals surface area contributed by atoms with E-state index in [0.717, 1.165) is 0 Å². The highest BCUT2D eigenvalue weighted by atomic mass is 15.1. The molecule has 0 aliphatic carbocycles. The zero-order chi connectivity index (χ0) is 9.84. The van der Waals surface area contributed by atoms with Crippen molar-refractivity contribution in [1.29, 1.82) is 0 Å². The average Bonchev–Trinajstić information content (AvgIpc) is 2.04. The van der Waals surface area contributed by atoms with Crippen molar-refractivity contribution >= 4 is 0 Å². The summed E-state index contributed by atoms with van der Waals surface area (Å²) in [4.78, 5) is 2.28. The Hall–Kier alpha value is -0.820. The zero-order valence-corrected chi connectivity index (χ0v) is 8.99. The maximum absolute atomic E-state index is 2.28. The van der Waals surface area contributed by atoms with Gasteiger partial charge in [-0.25, -0.2) is 0 Å². The van der Waals surface area contributed by atoms with Crippen LogP contribution in [0, 0.1) is 5.92 Å². The van der Waals surface area contributed by atoms with Crippen molar-refractivity contribution in [2.24, 2.45) is 5.92 Å². The number of nitrogens with zero attached hydrogens (tertiary/aromatic N) is 1. The monoisotopic (exact) mass is 177 g/mol. The van der Waals surface area contributed by atoms with Gasteiger partial charge >= 0.3 is 0 Å². The lowest BCUT2D eigenvalue weighted by atomic mass is 9.95. The van der Waals surface area contributed by atoms with Crippen molar-refractivity contribution in [3.05, 3.63) is 35.9 Å². The van der Waals surface area contributed by atoms with Gasteiger partial charge in [0.15, 0.2) is 0 Å². The Kier molecular flexibility index (Phi) is 3.49. The smallest absolute Gasteiger partial charge is 0.0364 e. The molecule has 0 heterocycles. The summed E-state index contributed by atoms with van der Waals surface area (Å²) in [7, 11) is 4.27. The summed E-state index contributed by atoms with van der Waals surface area (Å²) in [5.41, 5.74) is 1.41. The molecule has 1 rings (SSSR count). The third kappa shape index (κ3) is 2.56. The quantitative estimate of drug-likeness (QED) is 0.686. The van der Waals surface area contributed by atoms with Crippen LogP contribution in [0.15, 0.2) is 30.3 Å². The van der Waals surface area contributed by atoms with Gasteiger partial charge in [0, 0.05) is 6.04 Å². The largest absolute Gasteiger partial charge is 0.302 e. The standard InChI is InChI=1S/C12H19N/c1-10(2)12(13(3)4)11-8-6-5-7-9-11/h5-10,12H,1-4H3. The molecule has 1 heteroatoms. The number of hydrogen-bond acceptors (Lipinski definition) is 1. The van der Waals surface area contributed by atoms with Gasteiger partial charge in [-0.1, -0.05) is 44.2 Å². The molecule has 0 amide bonds. The second kappa shape index (κ2) is 4.43. The van der Waals surface area contributed by atoms with Gasteiger partial charge in [-0.15, -0.1) is 0 Å². The fourth-order valence-corrected chi connectivity index (χ4v) is 1.93. The number of hydrogen-bond donors (Lipinski definition) is 0. The Bertz CT molecular complexity index is 231. The van der Waals surface area contributed by atoms with E-state index in [9.17, 15) is 0 Å². The molecule has 1 aromatic rings. The molecule has 0 fully saturated rings. The van der Waals surface area contributed by atoms with Gasteiger partial charge in [0.25, 0.3) is 0 Å². The second-order valence-corrected chi connectivity index (χ2v) is 4.06. The van der Waals surface area contributed by atoms with Crippen LogP contribution in [0.25, 0.3) is 0 Å². The Balaban J connectivity index is 2.89.